The highest BCUT2D eigenvalue weighted by molar-refractivity contribution is 7.13. The smallest absolute Gasteiger partial charge is 0.282 e. The number of benzene rings is 3. The third kappa shape index (κ3) is 10.2. The molecule has 4 fully saturated rings. The van der Waals surface area contributed by atoms with Gasteiger partial charge in [-0.2, -0.15) is 4.98 Å². The molecule has 0 bridgehead atoms. The fraction of sp³-hybridized carbons (Fsp3) is 0.534. The molecule has 2 amide bonds. The van der Waals surface area contributed by atoms with Crippen molar-refractivity contribution in [2.75, 3.05) is 59.0 Å². The van der Waals surface area contributed by atoms with Gasteiger partial charge in [0.25, 0.3) is 5.56 Å². The van der Waals surface area contributed by atoms with Crippen LogP contribution in [0, 0.1) is 18.3 Å². The normalized spacial score (nSPS) is 23.3. The Morgan fingerprint density at radius 2 is 1.69 bits per heavy atom. The van der Waals surface area contributed by atoms with E-state index >= 15 is 0 Å². The Labute approximate surface area is 448 Å². The molecule has 1 saturated carbocycles. The van der Waals surface area contributed by atoms with Gasteiger partial charge in [-0.3, -0.25) is 23.9 Å². The molecule has 17 heteroatoms. The van der Waals surface area contributed by atoms with Crippen molar-refractivity contribution in [2.24, 2.45) is 11.3 Å². The number of aromatic nitrogens is 6. The highest BCUT2D eigenvalue weighted by Gasteiger charge is 2.46. The molecule has 1 aliphatic carbocycles. The lowest BCUT2D eigenvalue weighted by molar-refractivity contribution is -0.144. The van der Waals surface area contributed by atoms with Gasteiger partial charge in [-0.15, -0.1) is 16.4 Å². The minimum Gasteiger partial charge on any atom is -0.391 e. The van der Waals surface area contributed by atoms with Crippen LogP contribution in [0.3, 0.4) is 0 Å². The summed E-state index contributed by atoms with van der Waals surface area (Å²) in [5.74, 6) is 1.56. The van der Waals surface area contributed by atoms with E-state index in [-0.39, 0.29) is 42.3 Å². The van der Waals surface area contributed by atoms with E-state index in [4.69, 9.17) is 21.4 Å². The predicted molar refractivity (Wildman–Crippen MR) is 293 cm³/mol. The minimum absolute atomic E-state index is 0.0705. The average molecular weight is 1060 g/mol. The van der Waals surface area contributed by atoms with Gasteiger partial charge in [0.15, 0.2) is 0 Å². The maximum absolute atomic E-state index is 14.9. The van der Waals surface area contributed by atoms with Gasteiger partial charge in [0.05, 0.1) is 74.2 Å². The molecule has 7 heterocycles. The van der Waals surface area contributed by atoms with Gasteiger partial charge in [-0.1, -0.05) is 80.1 Å². The molecule has 396 valence electrons. The van der Waals surface area contributed by atoms with Crippen molar-refractivity contribution in [3.05, 3.63) is 122 Å². The van der Waals surface area contributed by atoms with E-state index in [1.54, 1.807) is 27.0 Å². The number of carbonyl (C=O) groups is 2. The molecular weight excluding hydrogens is 984 g/mol. The van der Waals surface area contributed by atoms with Gasteiger partial charge in [0, 0.05) is 51.3 Å². The van der Waals surface area contributed by atoms with Gasteiger partial charge < -0.3 is 25.0 Å². The minimum atomic E-state index is -0.842. The van der Waals surface area contributed by atoms with Crippen molar-refractivity contribution in [3.63, 3.8) is 0 Å². The molecule has 2 N–H and O–H groups in total. The van der Waals surface area contributed by atoms with Crippen LogP contribution in [-0.4, -0.2) is 132 Å². The number of morpholine rings is 1. The topological polar surface area (TPSA) is 164 Å². The van der Waals surface area contributed by atoms with Gasteiger partial charge in [-0.25, -0.2) is 9.67 Å². The molecule has 5 aliphatic rings. The third-order valence-corrected chi connectivity index (χ3v) is 18.4. The zero-order valence-corrected chi connectivity index (χ0v) is 45.7. The molecule has 0 radical (unpaired) electrons. The van der Waals surface area contributed by atoms with Crippen LogP contribution in [0.2, 0.25) is 5.02 Å². The number of hydrogen-bond donors (Lipinski definition) is 2. The summed E-state index contributed by atoms with van der Waals surface area (Å²) in [7, 11) is 0. The Balaban J connectivity index is 0.713. The fourth-order valence-corrected chi connectivity index (χ4v) is 14.0. The van der Waals surface area contributed by atoms with E-state index < -0.39 is 29.0 Å². The number of piperidine rings is 1. The van der Waals surface area contributed by atoms with E-state index in [0.717, 1.165) is 116 Å². The third-order valence-electron chi connectivity index (χ3n) is 17.1. The van der Waals surface area contributed by atoms with Crippen molar-refractivity contribution in [3.8, 4) is 16.1 Å². The number of amides is 2. The molecular formula is C58H71ClN10O5S. The Morgan fingerprint density at radius 1 is 0.947 bits per heavy atom. The number of nitrogens with zero attached hydrogens (tertiary/aromatic N) is 9. The molecule has 0 unspecified atom stereocenters. The van der Waals surface area contributed by atoms with Gasteiger partial charge in [-0.05, 0) is 130 Å². The summed E-state index contributed by atoms with van der Waals surface area (Å²) >= 11 is 8.17. The SMILES string of the molecule is Cc1ncsc1-c1ccc([C@H](CN2CCOCC2)NC(=O)[C@@H]2C[C@@H](O)CN2C(=O)[C@@H](n2cc(C3CCC(CN4CCC(c5ccc6c(c5)-n5c(nc(=O)c7c(Cl)cccc75)C6(C)C)CC4)CC3)nn2)C(C)(C)C)cc1. The molecule has 4 aliphatic heterocycles. The molecule has 3 saturated heterocycles. The first-order valence-corrected chi connectivity index (χ1v) is 28.4. The van der Waals surface area contributed by atoms with Crippen molar-refractivity contribution >= 4 is 45.7 Å². The standard InChI is InChI=1S/C58H71ClN10O5S/c1-35-51(75-34-60-35)40-16-14-38(15-17-40)45(32-66-24-26-74-27-25-66)61-53(71)49-29-42(70)31-67(49)55(73)52(57(2,3)4)68-33-46(63-64-68)39-12-10-36(11-13-39)30-65-22-20-37(21-23-65)41-18-19-43-48(28-41)69-47-9-7-8-44(59)50(47)54(72)62-56(69)58(43,5)6/h7-9,14-19,28,33-34,36-37,39,42,45,49,52,70H,10-13,20-27,29-32H2,1-6H3,(H,61,71)/t36?,39?,42-,45+,49+,52-/m1/s1. The molecule has 4 atom stereocenters. The highest BCUT2D eigenvalue weighted by Crippen LogP contribution is 2.45. The van der Waals surface area contributed by atoms with Crippen molar-refractivity contribution < 1.29 is 19.4 Å². The zero-order chi connectivity index (χ0) is 52.3. The molecule has 15 nitrogen and oxygen atoms in total. The van der Waals surface area contributed by atoms with E-state index in [1.807, 2.05) is 51.5 Å². The first-order chi connectivity index (χ1) is 36.0. The largest absolute Gasteiger partial charge is 0.391 e. The molecule has 6 aromatic rings. The second-order valence-electron chi connectivity index (χ2n) is 23.6. The number of thiazole rings is 1. The monoisotopic (exact) mass is 1050 g/mol. The molecule has 11 rings (SSSR count). The summed E-state index contributed by atoms with van der Waals surface area (Å²) in [6, 6.07) is 18.9. The summed E-state index contributed by atoms with van der Waals surface area (Å²) in [4.78, 5) is 59.2. The van der Waals surface area contributed by atoms with Gasteiger partial charge in [0.2, 0.25) is 11.8 Å². The molecule has 3 aromatic heterocycles. The number of likely N-dealkylation sites (tertiary alicyclic amines) is 2. The first kappa shape index (κ1) is 51.7. The molecule has 0 spiro atoms. The van der Waals surface area contributed by atoms with E-state index in [1.165, 1.54) is 11.1 Å². The number of ether oxygens (including phenoxy) is 1. The highest BCUT2D eigenvalue weighted by atomic mass is 35.5. The first-order valence-electron chi connectivity index (χ1n) is 27.1. The second-order valence-corrected chi connectivity index (χ2v) is 24.8. The number of hydrogen-bond acceptors (Lipinski definition) is 12. The van der Waals surface area contributed by atoms with Crippen LogP contribution in [0.1, 0.15) is 137 Å². The summed E-state index contributed by atoms with van der Waals surface area (Å²) < 4.78 is 9.51. The number of nitrogens with one attached hydrogen (secondary N) is 1. The van der Waals surface area contributed by atoms with Crippen molar-refractivity contribution in [2.45, 2.75) is 128 Å². The van der Waals surface area contributed by atoms with Crippen LogP contribution in [-0.2, 0) is 19.7 Å². The van der Waals surface area contributed by atoms with Crippen LogP contribution in [0.5, 0.6) is 0 Å². The number of fused-ring (bicyclic) bond motifs is 5. The van der Waals surface area contributed by atoms with Crippen LogP contribution in [0.4, 0.5) is 0 Å². The van der Waals surface area contributed by atoms with Crippen molar-refractivity contribution in [1.29, 1.82) is 0 Å². The van der Waals surface area contributed by atoms with Crippen LogP contribution in [0.15, 0.2) is 77.2 Å². The van der Waals surface area contributed by atoms with Crippen LogP contribution < -0.4 is 10.9 Å². The lowest BCUT2D eigenvalue weighted by Gasteiger charge is -2.36. The lowest BCUT2D eigenvalue weighted by Crippen LogP contribution is -2.52. The fourth-order valence-electron chi connectivity index (χ4n) is 12.9. The van der Waals surface area contributed by atoms with Crippen LogP contribution in [0.25, 0.3) is 27.0 Å². The number of carbonyl (C=O) groups excluding carboxylic acids is 2. The number of aryl methyl sites for hydroxylation is 1. The number of aliphatic hydroxyl groups excluding tert-OH is 1. The van der Waals surface area contributed by atoms with E-state index in [0.29, 0.717) is 42.0 Å². The lowest BCUT2D eigenvalue weighted by atomic mass is 9.80. The quantitative estimate of drug-likeness (QED) is 0.121. The van der Waals surface area contributed by atoms with Gasteiger partial charge in [0.1, 0.15) is 17.9 Å². The predicted octanol–water partition coefficient (Wildman–Crippen LogP) is 8.59. The molecule has 75 heavy (non-hydrogen) atoms. The number of β-amino-alcohol motifs (C(OH)–C–C–N with tert-alkyl or cyclic N) is 1. The van der Waals surface area contributed by atoms with Gasteiger partial charge >= 0.3 is 0 Å². The van der Waals surface area contributed by atoms with Crippen LogP contribution >= 0.6 is 22.9 Å². The maximum atomic E-state index is 14.9. The number of aliphatic hydroxyl groups is 1. The summed E-state index contributed by atoms with van der Waals surface area (Å²) in [6.07, 6.45) is 7.73. The Morgan fingerprint density at radius 3 is 2.40 bits per heavy atom. The number of rotatable bonds is 12. The summed E-state index contributed by atoms with van der Waals surface area (Å²) in [5.41, 5.74) is 8.96. The Bertz CT molecular complexity index is 3120. The number of halogens is 1. The Hall–Kier alpha value is -5.36. The van der Waals surface area contributed by atoms with Crippen molar-refractivity contribution in [1.82, 2.24) is 49.5 Å². The summed E-state index contributed by atoms with van der Waals surface area (Å²) in [6.45, 7) is 19.0. The second kappa shape index (κ2) is 20.9. The van der Waals surface area contributed by atoms with E-state index in [2.05, 4.69) is 91.2 Å². The Kier molecular flexibility index (Phi) is 14.4. The van der Waals surface area contributed by atoms with E-state index in [9.17, 15) is 19.5 Å². The molecule has 3 aromatic carbocycles. The zero-order valence-electron chi connectivity index (χ0n) is 44.2. The summed E-state index contributed by atoms with van der Waals surface area (Å²) in [5, 5.41) is 24.7. The average Bonchev–Trinajstić information content (AvgIpc) is 4.22. The maximum Gasteiger partial charge on any atom is 0.282 e.